The van der Waals surface area contributed by atoms with Gasteiger partial charge in [0, 0.05) is 5.69 Å². The molecule has 2 rings (SSSR count). The monoisotopic (exact) mass is 368 g/mol. The van der Waals surface area contributed by atoms with E-state index in [4.69, 9.17) is 19.5 Å². The van der Waals surface area contributed by atoms with E-state index in [-0.39, 0.29) is 13.0 Å². The lowest BCUT2D eigenvalue weighted by Gasteiger charge is -2.10. The number of carbonyl (C=O) groups is 2. The summed E-state index contributed by atoms with van der Waals surface area (Å²) in [7, 11) is 3.04. The standard InChI is InChI=1S/C20H20N2O5/c1-25-17-8-5-15(11-18(17)26-2)12-20(24)27-13-19(23)22-16-6-3-14(4-7-16)9-10-21/h3-8,11H,9,12-13H2,1-2H3,(H,22,23). The van der Waals surface area contributed by atoms with Crippen LogP contribution in [0.25, 0.3) is 0 Å². The zero-order valence-electron chi connectivity index (χ0n) is 15.2. The Hall–Kier alpha value is -3.53. The van der Waals surface area contributed by atoms with Gasteiger partial charge in [-0.25, -0.2) is 0 Å². The Bertz CT molecular complexity index is 840. The van der Waals surface area contributed by atoms with Gasteiger partial charge in [0.15, 0.2) is 18.1 Å². The van der Waals surface area contributed by atoms with Crippen molar-refractivity contribution in [3.63, 3.8) is 0 Å². The van der Waals surface area contributed by atoms with E-state index in [2.05, 4.69) is 11.4 Å². The van der Waals surface area contributed by atoms with Crippen LogP contribution in [0.5, 0.6) is 11.5 Å². The highest BCUT2D eigenvalue weighted by Crippen LogP contribution is 2.27. The highest BCUT2D eigenvalue weighted by atomic mass is 16.5. The van der Waals surface area contributed by atoms with Gasteiger partial charge in [0.2, 0.25) is 0 Å². The molecule has 7 heteroatoms. The summed E-state index contributed by atoms with van der Waals surface area (Å²) in [5, 5.41) is 11.3. The van der Waals surface area contributed by atoms with Crippen molar-refractivity contribution in [1.29, 1.82) is 5.26 Å². The Morgan fingerprint density at radius 1 is 1.00 bits per heavy atom. The lowest BCUT2D eigenvalue weighted by molar-refractivity contribution is -0.146. The summed E-state index contributed by atoms with van der Waals surface area (Å²) in [4.78, 5) is 23.8. The van der Waals surface area contributed by atoms with Crippen molar-refractivity contribution in [2.45, 2.75) is 12.8 Å². The van der Waals surface area contributed by atoms with Crippen LogP contribution in [0.1, 0.15) is 11.1 Å². The minimum Gasteiger partial charge on any atom is -0.493 e. The molecule has 0 saturated heterocycles. The third-order valence-electron chi connectivity index (χ3n) is 3.68. The van der Waals surface area contributed by atoms with Gasteiger partial charge >= 0.3 is 5.97 Å². The minimum atomic E-state index is -0.526. The highest BCUT2D eigenvalue weighted by molar-refractivity contribution is 5.92. The summed E-state index contributed by atoms with van der Waals surface area (Å²) in [6.45, 7) is -0.383. The summed E-state index contributed by atoms with van der Waals surface area (Å²) in [5.41, 5.74) is 2.11. The first-order valence-corrected chi connectivity index (χ1v) is 8.18. The first-order valence-electron chi connectivity index (χ1n) is 8.18. The second-order valence-corrected chi connectivity index (χ2v) is 5.61. The van der Waals surface area contributed by atoms with Gasteiger partial charge in [0.25, 0.3) is 5.91 Å². The molecule has 0 aliphatic heterocycles. The molecule has 140 valence electrons. The summed E-state index contributed by atoms with van der Waals surface area (Å²) >= 11 is 0. The molecule has 0 saturated carbocycles. The number of nitrogens with one attached hydrogen (secondary N) is 1. The van der Waals surface area contributed by atoms with Crippen LogP contribution >= 0.6 is 0 Å². The molecule has 27 heavy (non-hydrogen) atoms. The second-order valence-electron chi connectivity index (χ2n) is 5.61. The van der Waals surface area contributed by atoms with E-state index in [0.717, 1.165) is 5.56 Å². The topological polar surface area (TPSA) is 97.6 Å². The molecule has 0 heterocycles. The average Bonchev–Trinajstić information content (AvgIpc) is 2.68. The molecule has 0 aromatic heterocycles. The third kappa shape index (κ3) is 6.04. The second kappa shape index (κ2) is 9.82. The van der Waals surface area contributed by atoms with Gasteiger partial charge in [-0.1, -0.05) is 18.2 Å². The number of anilines is 1. The SMILES string of the molecule is COc1ccc(CC(=O)OCC(=O)Nc2ccc(CC#N)cc2)cc1OC. The van der Waals surface area contributed by atoms with E-state index in [9.17, 15) is 9.59 Å². The minimum absolute atomic E-state index is 0.0104. The van der Waals surface area contributed by atoms with Gasteiger partial charge in [-0.05, 0) is 35.4 Å². The summed E-state index contributed by atoms with van der Waals surface area (Å²) in [5.74, 6) is 0.112. The molecule has 7 nitrogen and oxygen atoms in total. The number of nitriles is 1. The summed E-state index contributed by atoms with van der Waals surface area (Å²) < 4.78 is 15.3. The van der Waals surface area contributed by atoms with Crippen molar-refractivity contribution >= 4 is 17.6 Å². The van der Waals surface area contributed by atoms with Crippen LogP contribution in [-0.4, -0.2) is 32.7 Å². The van der Waals surface area contributed by atoms with Crippen LogP contribution in [-0.2, 0) is 27.2 Å². The van der Waals surface area contributed by atoms with Crippen LogP contribution in [0, 0.1) is 11.3 Å². The molecule has 2 aromatic rings. The number of hydrogen-bond acceptors (Lipinski definition) is 6. The fraction of sp³-hybridized carbons (Fsp3) is 0.250. The molecular formula is C20H20N2O5. The molecule has 0 fully saturated rings. The largest absolute Gasteiger partial charge is 0.493 e. The lowest BCUT2D eigenvalue weighted by Crippen LogP contribution is -2.21. The van der Waals surface area contributed by atoms with Gasteiger partial charge in [-0.15, -0.1) is 0 Å². The number of hydrogen-bond donors (Lipinski definition) is 1. The molecule has 0 atom stereocenters. The van der Waals surface area contributed by atoms with Crippen LogP contribution < -0.4 is 14.8 Å². The number of ether oxygens (including phenoxy) is 3. The van der Waals surface area contributed by atoms with E-state index in [1.165, 1.54) is 14.2 Å². The Kier molecular flexibility index (Phi) is 7.20. The molecular weight excluding hydrogens is 348 g/mol. The van der Waals surface area contributed by atoms with Crippen molar-refractivity contribution in [3.05, 3.63) is 53.6 Å². The van der Waals surface area contributed by atoms with Gasteiger partial charge in [-0.2, -0.15) is 5.26 Å². The Balaban J connectivity index is 1.82. The van der Waals surface area contributed by atoms with Gasteiger partial charge < -0.3 is 19.5 Å². The van der Waals surface area contributed by atoms with E-state index in [0.29, 0.717) is 29.2 Å². The fourth-order valence-corrected chi connectivity index (χ4v) is 2.35. The number of esters is 1. The number of carbonyl (C=O) groups excluding carboxylic acids is 2. The maximum Gasteiger partial charge on any atom is 0.310 e. The van der Waals surface area contributed by atoms with E-state index < -0.39 is 11.9 Å². The van der Waals surface area contributed by atoms with Crippen molar-refractivity contribution in [2.24, 2.45) is 0 Å². The van der Waals surface area contributed by atoms with Gasteiger partial charge in [0.1, 0.15) is 0 Å². The van der Waals surface area contributed by atoms with Gasteiger partial charge in [-0.3, -0.25) is 9.59 Å². The van der Waals surface area contributed by atoms with Crippen LogP contribution in [0.3, 0.4) is 0 Å². The van der Waals surface area contributed by atoms with Crippen LogP contribution in [0.2, 0.25) is 0 Å². The maximum absolute atomic E-state index is 11.9. The quantitative estimate of drug-likeness (QED) is 0.719. The molecule has 0 spiro atoms. The van der Waals surface area contributed by atoms with Crippen LogP contribution in [0.4, 0.5) is 5.69 Å². The Morgan fingerprint density at radius 3 is 2.30 bits per heavy atom. The first kappa shape index (κ1) is 19.8. The molecule has 0 unspecified atom stereocenters. The number of benzene rings is 2. The smallest absolute Gasteiger partial charge is 0.310 e. The number of rotatable bonds is 8. The molecule has 2 aromatic carbocycles. The van der Waals surface area contributed by atoms with Crippen molar-refractivity contribution < 1.29 is 23.8 Å². The molecule has 0 aliphatic carbocycles. The third-order valence-corrected chi connectivity index (χ3v) is 3.68. The average molecular weight is 368 g/mol. The lowest BCUT2D eigenvalue weighted by atomic mass is 10.1. The molecule has 0 radical (unpaired) electrons. The van der Waals surface area contributed by atoms with Crippen LogP contribution in [0.15, 0.2) is 42.5 Å². The van der Waals surface area contributed by atoms with Crippen molar-refractivity contribution in [2.75, 3.05) is 26.1 Å². The number of amides is 1. The summed E-state index contributed by atoms with van der Waals surface area (Å²) in [6, 6.07) is 14.0. The number of methoxy groups -OCH3 is 2. The first-order chi connectivity index (χ1) is 13.0. The predicted octanol–water partition coefficient (Wildman–Crippen LogP) is 2.49. The van der Waals surface area contributed by atoms with E-state index in [1.807, 2.05) is 0 Å². The number of nitrogens with zero attached hydrogens (tertiary/aromatic N) is 1. The fourth-order valence-electron chi connectivity index (χ4n) is 2.35. The zero-order valence-corrected chi connectivity index (χ0v) is 15.2. The summed E-state index contributed by atoms with van der Waals surface area (Å²) in [6.07, 6.45) is 0.318. The van der Waals surface area contributed by atoms with E-state index in [1.54, 1.807) is 42.5 Å². The molecule has 1 amide bonds. The van der Waals surface area contributed by atoms with E-state index >= 15 is 0 Å². The van der Waals surface area contributed by atoms with Crippen molar-refractivity contribution in [1.82, 2.24) is 0 Å². The van der Waals surface area contributed by atoms with Crippen molar-refractivity contribution in [3.8, 4) is 17.6 Å². The molecule has 0 bridgehead atoms. The molecule has 1 N–H and O–H groups in total. The predicted molar refractivity (Wildman–Crippen MR) is 98.6 cm³/mol. The zero-order chi connectivity index (χ0) is 19.6. The highest BCUT2D eigenvalue weighted by Gasteiger charge is 2.11. The normalized spacial score (nSPS) is 9.81. The Morgan fingerprint density at radius 2 is 1.67 bits per heavy atom. The maximum atomic E-state index is 11.9. The molecule has 0 aliphatic rings. The van der Waals surface area contributed by atoms with Gasteiger partial charge in [0.05, 0.1) is 33.1 Å². The Labute approximate surface area is 157 Å².